The third kappa shape index (κ3) is 5.37. The standard InChI is InChI=1S/C20H23ClN4O3/c1-28-16-8-6-15(7-9-16)22-20(27)25-12-10-24(11-13-25)14-19(26)23-18-5-3-2-4-17(18)21/h2-9H,10-14H2,1H3,(H,22,27)(H,23,26). The first-order valence-electron chi connectivity index (χ1n) is 9.02. The molecule has 7 nitrogen and oxygen atoms in total. The smallest absolute Gasteiger partial charge is 0.321 e. The second-order valence-corrected chi connectivity index (χ2v) is 6.86. The lowest BCUT2D eigenvalue weighted by Crippen LogP contribution is -2.51. The number of benzene rings is 2. The fourth-order valence-corrected chi connectivity index (χ4v) is 3.12. The van der Waals surface area contributed by atoms with E-state index in [1.165, 1.54) is 0 Å². The Kier molecular flexibility index (Phi) is 6.73. The molecule has 0 radical (unpaired) electrons. The number of halogens is 1. The molecule has 0 bridgehead atoms. The number of carbonyl (C=O) groups excluding carboxylic acids is 2. The number of methoxy groups -OCH3 is 1. The molecule has 28 heavy (non-hydrogen) atoms. The van der Waals surface area contributed by atoms with Crippen LogP contribution in [0.25, 0.3) is 0 Å². The summed E-state index contributed by atoms with van der Waals surface area (Å²) >= 11 is 6.06. The van der Waals surface area contributed by atoms with Crippen molar-refractivity contribution in [2.75, 3.05) is 50.5 Å². The number of amides is 3. The highest BCUT2D eigenvalue weighted by Gasteiger charge is 2.22. The maximum Gasteiger partial charge on any atom is 0.321 e. The fraction of sp³-hybridized carbons (Fsp3) is 0.300. The zero-order valence-electron chi connectivity index (χ0n) is 15.7. The third-order valence-corrected chi connectivity index (χ3v) is 4.85. The summed E-state index contributed by atoms with van der Waals surface area (Å²) in [6.45, 7) is 2.64. The number of nitrogens with one attached hydrogen (secondary N) is 2. The van der Waals surface area contributed by atoms with E-state index in [0.29, 0.717) is 42.6 Å². The van der Waals surface area contributed by atoms with E-state index < -0.39 is 0 Å². The van der Waals surface area contributed by atoms with Crippen LogP contribution in [0.1, 0.15) is 0 Å². The molecule has 1 aliphatic heterocycles. The zero-order chi connectivity index (χ0) is 19.9. The lowest BCUT2D eigenvalue weighted by molar-refractivity contribution is -0.117. The summed E-state index contributed by atoms with van der Waals surface area (Å²) in [6, 6.07) is 14.2. The Hall–Kier alpha value is -2.77. The summed E-state index contributed by atoms with van der Waals surface area (Å²) in [7, 11) is 1.60. The molecule has 2 aromatic carbocycles. The number of rotatable bonds is 5. The van der Waals surface area contributed by atoms with Crippen LogP contribution in [0.15, 0.2) is 48.5 Å². The molecule has 1 saturated heterocycles. The van der Waals surface area contributed by atoms with Gasteiger partial charge in [0.2, 0.25) is 5.91 Å². The minimum absolute atomic E-state index is 0.121. The molecule has 0 aliphatic carbocycles. The number of urea groups is 1. The van der Waals surface area contributed by atoms with Gasteiger partial charge >= 0.3 is 6.03 Å². The van der Waals surface area contributed by atoms with Gasteiger partial charge in [0.25, 0.3) is 0 Å². The lowest BCUT2D eigenvalue weighted by atomic mass is 10.3. The Labute approximate surface area is 169 Å². The SMILES string of the molecule is COc1ccc(NC(=O)N2CCN(CC(=O)Nc3ccccc3Cl)CC2)cc1. The van der Waals surface area contributed by atoms with E-state index in [1.54, 1.807) is 48.4 Å². The van der Waals surface area contributed by atoms with Crippen LogP contribution in [0.3, 0.4) is 0 Å². The van der Waals surface area contributed by atoms with Crippen LogP contribution >= 0.6 is 11.6 Å². The molecule has 2 N–H and O–H groups in total. The van der Waals surface area contributed by atoms with Gasteiger partial charge in [0.15, 0.2) is 0 Å². The number of para-hydroxylation sites is 1. The van der Waals surface area contributed by atoms with E-state index in [2.05, 4.69) is 10.6 Å². The van der Waals surface area contributed by atoms with Gasteiger partial charge in [0.05, 0.1) is 24.4 Å². The first-order chi connectivity index (χ1) is 13.5. The summed E-state index contributed by atoms with van der Waals surface area (Å²) in [4.78, 5) is 28.4. The van der Waals surface area contributed by atoms with Crippen molar-refractivity contribution in [3.8, 4) is 5.75 Å². The van der Waals surface area contributed by atoms with Gasteiger partial charge in [0.1, 0.15) is 5.75 Å². The average molecular weight is 403 g/mol. The topological polar surface area (TPSA) is 73.9 Å². The quantitative estimate of drug-likeness (QED) is 0.805. The Morgan fingerprint density at radius 2 is 1.68 bits per heavy atom. The molecule has 8 heteroatoms. The lowest BCUT2D eigenvalue weighted by Gasteiger charge is -2.34. The Balaban J connectivity index is 1.44. The van der Waals surface area contributed by atoms with Crippen molar-refractivity contribution in [1.29, 1.82) is 0 Å². The van der Waals surface area contributed by atoms with Gasteiger partial charge < -0.3 is 20.3 Å². The van der Waals surface area contributed by atoms with Crippen molar-refractivity contribution >= 4 is 34.9 Å². The van der Waals surface area contributed by atoms with E-state index in [4.69, 9.17) is 16.3 Å². The largest absolute Gasteiger partial charge is 0.497 e. The number of hydrogen-bond donors (Lipinski definition) is 2. The van der Waals surface area contributed by atoms with Gasteiger partial charge in [-0.3, -0.25) is 9.69 Å². The predicted molar refractivity (Wildman–Crippen MR) is 110 cm³/mol. The van der Waals surface area contributed by atoms with Crippen LogP contribution in [-0.4, -0.2) is 61.6 Å². The Morgan fingerprint density at radius 3 is 2.32 bits per heavy atom. The predicted octanol–water partition coefficient (Wildman–Crippen LogP) is 3.14. The van der Waals surface area contributed by atoms with Gasteiger partial charge in [-0.15, -0.1) is 0 Å². The van der Waals surface area contributed by atoms with E-state index in [1.807, 2.05) is 17.0 Å². The van der Waals surface area contributed by atoms with Crippen LogP contribution in [0.5, 0.6) is 5.75 Å². The van der Waals surface area contributed by atoms with Crippen LogP contribution < -0.4 is 15.4 Å². The number of piperazine rings is 1. The molecule has 0 atom stereocenters. The van der Waals surface area contributed by atoms with Crippen LogP contribution in [0.4, 0.5) is 16.2 Å². The van der Waals surface area contributed by atoms with E-state index >= 15 is 0 Å². The van der Waals surface area contributed by atoms with E-state index in [0.717, 1.165) is 5.75 Å². The summed E-state index contributed by atoms with van der Waals surface area (Å²) in [5.74, 6) is 0.617. The van der Waals surface area contributed by atoms with Crippen molar-refractivity contribution in [2.45, 2.75) is 0 Å². The summed E-state index contributed by atoms with van der Waals surface area (Å²) < 4.78 is 5.11. The number of ether oxygens (including phenoxy) is 1. The maximum atomic E-state index is 12.4. The molecular formula is C20H23ClN4O3. The molecule has 3 amide bonds. The van der Waals surface area contributed by atoms with Gasteiger partial charge in [-0.05, 0) is 36.4 Å². The normalized spacial score (nSPS) is 14.4. The second kappa shape index (κ2) is 9.43. The number of anilines is 2. The molecule has 0 aromatic heterocycles. The third-order valence-electron chi connectivity index (χ3n) is 4.52. The fourth-order valence-electron chi connectivity index (χ4n) is 2.94. The van der Waals surface area contributed by atoms with E-state index in [9.17, 15) is 9.59 Å². The molecule has 0 saturated carbocycles. The molecule has 148 valence electrons. The van der Waals surface area contributed by atoms with Crippen LogP contribution in [-0.2, 0) is 4.79 Å². The molecule has 2 aromatic rings. The Bertz CT molecular complexity index is 820. The molecule has 1 heterocycles. The highest BCUT2D eigenvalue weighted by molar-refractivity contribution is 6.33. The summed E-state index contributed by atoms with van der Waals surface area (Å²) in [5.41, 5.74) is 1.32. The van der Waals surface area contributed by atoms with Crippen LogP contribution in [0.2, 0.25) is 5.02 Å². The first kappa shape index (κ1) is 20.0. The van der Waals surface area contributed by atoms with Crippen LogP contribution in [0, 0.1) is 0 Å². The maximum absolute atomic E-state index is 12.4. The first-order valence-corrected chi connectivity index (χ1v) is 9.39. The number of hydrogen-bond acceptors (Lipinski definition) is 4. The molecule has 1 fully saturated rings. The number of carbonyl (C=O) groups is 2. The minimum atomic E-state index is -0.148. The molecule has 0 unspecified atom stereocenters. The van der Waals surface area contributed by atoms with Crippen molar-refractivity contribution in [1.82, 2.24) is 9.80 Å². The van der Waals surface area contributed by atoms with E-state index in [-0.39, 0.29) is 18.5 Å². The van der Waals surface area contributed by atoms with Gasteiger partial charge in [-0.25, -0.2) is 4.79 Å². The summed E-state index contributed by atoms with van der Waals surface area (Å²) in [5, 5.41) is 6.20. The molecular weight excluding hydrogens is 380 g/mol. The monoisotopic (exact) mass is 402 g/mol. The Morgan fingerprint density at radius 1 is 1.00 bits per heavy atom. The number of nitrogens with zero attached hydrogens (tertiary/aromatic N) is 2. The molecule has 0 spiro atoms. The van der Waals surface area contributed by atoms with Crippen molar-refractivity contribution < 1.29 is 14.3 Å². The van der Waals surface area contributed by atoms with Gasteiger partial charge in [-0.2, -0.15) is 0 Å². The van der Waals surface area contributed by atoms with Crippen molar-refractivity contribution in [3.05, 3.63) is 53.6 Å². The van der Waals surface area contributed by atoms with Crippen molar-refractivity contribution in [2.24, 2.45) is 0 Å². The van der Waals surface area contributed by atoms with Gasteiger partial charge in [-0.1, -0.05) is 23.7 Å². The van der Waals surface area contributed by atoms with Crippen molar-refractivity contribution in [3.63, 3.8) is 0 Å². The summed E-state index contributed by atoms with van der Waals surface area (Å²) in [6.07, 6.45) is 0. The second-order valence-electron chi connectivity index (χ2n) is 6.45. The molecule has 3 rings (SSSR count). The highest BCUT2D eigenvalue weighted by atomic mass is 35.5. The average Bonchev–Trinajstić information content (AvgIpc) is 2.71. The minimum Gasteiger partial charge on any atom is -0.497 e. The molecule has 1 aliphatic rings. The van der Waals surface area contributed by atoms with Gasteiger partial charge in [0, 0.05) is 31.9 Å². The highest BCUT2D eigenvalue weighted by Crippen LogP contribution is 2.20. The zero-order valence-corrected chi connectivity index (χ0v) is 16.4.